The SMILES string of the molecule is CCCCCCCCOC(=O)c1cc([N+](=O)[O-])c(N(CCC)CCC)c([N+](=O)[O-])c1. The molecule has 168 valence electrons. The summed E-state index contributed by atoms with van der Waals surface area (Å²) in [6.07, 6.45) is 7.49. The first-order valence-corrected chi connectivity index (χ1v) is 10.8. The third-order valence-corrected chi connectivity index (χ3v) is 4.73. The van der Waals surface area contributed by atoms with Gasteiger partial charge in [0.25, 0.3) is 0 Å². The largest absolute Gasteiger partial charge is 0.462 e. The fourth-order valence-corrected chi connectivity index (χ4v) is 3.33. The Morgan fingerprint density at radius 1 is 0.867 bits per heavy atom. The number of ether oxygens (including phenoxy) is 1. The van der Waals surface area contributed by atoms with E-state index in [1.165, 1.54) is 6.42 Å². The highest BCUT2D eigenvalue weighted by Crippen LogP contribution is 2.39. The molecule has 0 aliphatic carbocycles. The van der Waals surface area contributed by atoms with E-state index in [1.807, 2.05) is 13.8 Å². The van der Waals surface area contributed by atoms with Crippen LogP contribution in [0.4, 0.5) is 17.1 Å². The Labute approximate surface area is 177 Å². The van der Waals surface area contributed by atoms with Crippen LogP contribution in [0, 0.1) is 20.2 Å². The van der Waals surface area contributed by atoms with Crippen molar-refractivity contribution in [2.75, 3.05) is 24.6 Å². The van der Waals surface area contributed by atoms with Crippen molar-refractivity contribution < 1.29 is 19.4 Å². The number of benzene rings is 1. The molecule has 30 heavy (non-hydrogen) atoms. The van der Waals surface area contributed by atoms with Crippen molar-refractivity contribution in [2.24, 2.45) is 0 Å². The van der Waals surface area contributed by atoms with Crippen LogP contribution in [0.1, 0.15) is 82.5 Å². The first kappa shape index (κ1) is 25.3. The van der Waals surface area contributed by atoms with E-state index in [1.54, 1.807) is 4.90 Å². The number of unbranched alkanes of at least 4 members (excludes halogenated alkanes) is 5. The number of nitrogens with zero attached hydrogens (tertiary/aromatic N) is 3. The van der Waals surface area contributed by atoms with E-state index < -0.39 is 27.2 Å². The fraction of sp³-hybridized carbons (Fsp3) is 0.667. The standard InChI is InChI=1S/C21H33N3O6/c1-4-7-8-9-10-11-14-30-21(25)17-15-18(23(26)27)20(19(16-17)24(28)29)22(12-5-2)13-6-3/h15-16H,4-14H2,1-3H3. The smallest absolute Gasteiger partial charge is 0.338 e. The molecule has 0 radical (unpaired) electrons. The Morgan fingerprint density at radius 3 is 1.83 bits per heavy atom. The predicted octanol–water partition coefficient (Wildman–Crippen LogP) is 5.65. The average Bonchev–Trinajstić information content (AvgIpc) is 2.71. The van der Waals surface area contributed by atoms with Gasteiger partial charge >= 0.3 is 17.3 Å². The highest BCUT2D eigenvalue weighted by atomic mass is 16.6. The number of esters is 1. The number of hydrogen-bond acceptors (Lipinski definition) is 7. The number of nitro groups is 2. The van der Waals surface area contributed by atoms with Gasteiger partial charge in [-0.15, -0.1) is 0 Å². The summed E-state index contributed by atoms with van der Waals surface area (Å²) in [6, 6.07) is 2.18. The van der Waals surface area contributed by atoms with E-state index in [0.29, 0.717) is 32.4 Å². The maximum absolute atomic E-state index is 12.4. The molecule has 0 N–H and O–H groups in total. The molecule has 0 fully saturated rings. The lowest BCUT2D eigenvalue weighted by Crippen LogP contribution is -2.27. The minimum absolute atomic E-state index is 0.0545. The van der Waals surface area contributed by atoms with Crippen LogP contribution in [-0.4, -0.2) is 35.5 Å². The maximum Gasteiger partial charge on any atom is 0.338 e. The van der Waals surface area contributed by atoms with Gasteiger partial charge in [0, 0.05) is 25.2 Å². The van der Waals surface area contributed by atoms with Gasteiger partial charge in [-0.25, -0.2) is 4.79 Å². The minimum Gasteiger partial charge on any atom is -0.462 e. The highest BCUT2D eigenvalue weighted by molar-refractivity contribution is 5.94. The molecule has 0 amide bonds. The van der Waals surface area contributed by atoms with Crippen LogP contribution in [0.5, 0.6) is 0 Å². The fourth-order valence-electron chi connectivity index (χ4n) is 3.33. The molecular weight excluding hydrogens is 390 g/mol. The molecule has 9 heteroatoms. The second kappa shape index (κ2) is 13.5. The number of hydrogen-bond donors (Lipinski definition) is 0. The van der Waals surface area contributed by atoms with Crippen molar-refractivity contribution >= 4 is 23.0 Å². The third-order valence-electron chi connectivity index (χ3n) is 4.73. The minimum atomic E-state index is -0.779. The van der Waals surface area contributed by atoms with Crippen LogP contribution in [0.15, 0.2) is 12.1 Å². The third kappa shape index (κ3) is 7.61. The van der Waals surface area contributed by atoms with Gasteiger partial charge < -0.3 is 9.64 Å². The molecule has 0 unspecified atom stereocenters. The molecule has 0 heterocycles. The van der Waals surface area contributed by atoms with Crippen molar-refractivity contribution in [3.63, 3.8) is 0 Å². The molecule has 1 aromatic carbocycles. The maximum atomic E-state index is 12.4. The first-order valence-electron chi connectivity index (χ1n) is 10.8. The van der Waals surface area contributed by atoms with Crippen LogP contribution in [0.2, 0.25) is 0 Å². The number of carbonyl (C=O) groups excluding carboxylic acids is 1. The Kier molecular flexibility index (Phi) is 11.4. The number of rotatable bonds is 15. The van der Waals surface area contributed by atoms with Gasteiger partial charge in [0.15, 0.2) is 5.69 Å². The highest BCUT2D eigenvalue weighted by Gasteiger charge is 2.32. The molecule has 0 aromatic heterocycles. The second-order valence-corrected chi connectivity index (χ2v) is 7.27. The van der Waals surface area contributed by atoms with E-state index in [-0.39, 0.29) is 17.9 Å². The summed E-state index contributed by atoms with van der Waals surface area (Å²) < 4.78 is 5.20. The lowest BCUT2D eigenvalue weighted by Gasteiger charge is -2.23. The van der Waals surface area contributed by atoms with Gasteiger partial charge in [0.1, 0.15) is 0 Å². The van der Waals surface area contributed by atoms with E-state index in [9.17, 15) is 25.0 Å². The van der Waals surface area contributed by atoms with Crippen LogP contribution >= 0.6 is 0 Å². The number of nitro benzene ring substituents is 2. The molecule has 9 nitrogen and oxygen atoms in total. The molecule has 0 aliphatic rings. The molecule has 0 saturated heterocycles. The van der Waals surface area contributed by atoms with Gasteiger partial charge in [-0.3, -0.25) is 20.2 Å². The van der Waals surface area contributed by atoms with Crippen molar-refractivity contribution in [3.8, 4) is 0 Å². The quantitative estimate of drug-likeness (QED) is 0.155. The Morgan fingerprint density at radius 2 is 1.37 bits per heavy atom. The van der Waals surface area contributed by atoms with Gasteiger partial charge in [-0.2, -0.15) is 0 Å². The average molecular weight is 424 g/mol. The first-order chi connectivity index (χ1) is 14.4. The molecule has 0 atom stereocenters. The van der Waals surface area contributed by atoms with Gasteiger partial charge in [-0.05, 0) is 19.3 Å². The van der Waals surface area contributed by atoms with Crippen LogP contribution < -0.4 is 4.90 Å². The molecule has 1 aromatic rings. The Hall–Kier alpha value is -2.71. The zero-order valence-electron chi connectivity index (χ0n) is 18.2. The van der Waals surface area contributed by atoms with Gasteiger partial charge in [-0.1, -0.05) is 52.9 Å². The molecular formula is C21H33N3O6. The topological polar surface area (TPSA) is 116 Å². The zero-order valence-corrected chi connectivity index (χ0v) is 18.2. The Balaban J connectivity index is 3.07. The zero-order chi connectivity index (χ0) is 22.5. The molecule has 0 bridgehead atoms. The van der Waals surface area contributed by atoms with Crippen molar-refractivity contribution in [3.05, 3.63) is 37.9 Å². The van der Waals surface area contributed by atoms with Crippen molar-refractivity contribution in [2.45, 2.75) is 72.1 Å². The van der Waals surface area contributed by atoms with Crippen LogP contribution in [0.3, 0.4) is 0 Å². The summed E-state index contributed by atoms with van der Waals surface area (Å²) in [7, 11) is 0. The van der Waals surface area contributed by atoms with E-state index in [0.717, 1.165) is 37.8 Å². The molecule has 0 spiro atoms. The number of anilines is 1. The molecule has 1 rings (SSSR count). The monoisotopic (exact) mass is 423 g/mol. The van der Waals surface area contributed by atoms with E-state index in [2.05, 4.69) is 6.92 Å². The van der Waals surface area contributed by atoms with Gasteiger partial charge in [0.05, 0.1) is 22.0 Å². The van der Waals surface area contributed by atoms with Crippen molar-refractivity contribution in [1.82, 2.24) is 0 Å². The van der Waals surface area contributed by atoms with Crippen LogP contribution in [-0.2, 0) is 4.74 Å². The second-order valence-electron chi connectivity index (χ2n) is 7.27. The molecule has 0 saturated carbocycles. The Bertz CT molecular complexity index is 682. The summed E-state index contributed by atoms with van der Waals surface area (Å²) in [4.78, 5) is 36.0. The van der Waals surface area contributed by atoms with Crippen molar-refractivity contribution in [1.29, 1.82) is 0 Å². The summed E-state index contributed by atoms with van der Waals surface area (Å²) in [5, 5.41) is 23.3. The summed E-state index contributed by atoms with van der Waals surface area (Å²) in [5.41, 5.74) is -1.12. The van der Waals surface area contributed by atoms with Crippen LogP contribution in [0.25, 0.3) is 0 Å². The van der Waals surface area contributed by atoms with E-state index >= 15 is 0 Å². The summed E-state index contributed by atoms with van der Waals surface area (Å²) in [6.45, 7) is 7.00. The number of carbonyl (C=O) groups is 1. The summed E-state index contributed by atoms with van der Waals surface area (Å²) in [5.74, 6) is -0.779. The van der Waals surface area contributed by atoms with E-state index in [4.69, 9.17) is 4.74 Å². The lowest BCUT2D eigenvalue weighted by molar-refractivity contribution is -0.392. The van der Waals surface area contributed by atoms with Gasteiger partial charge in [0.2, 0.25) is 0 Å². The predicted molar refractivity (Wildman–Crippen MR) is 116 cm³/mol. The lowest BCUT2D eigenvalue weighted by atomic mass is 10.1. The normalized spacial score (nSPS) is 10.6. The molecule has 0 aliphatic heterocycles. The summed E-state index contributed by atoms with van der Waals surface area (Å²) >= 11 is 0.